The highest BCUT2D eigenvalue weighted by molar-refractivity contribution is 6.16. The lowest BCUT2D eigenvalue weighted by atomic mass is 9.84. The molecule has 5 nitrogen and oxygen atoms in total. The molecule has 1 saturated heterocycles. The average Bonchev–Trinajstić information content (AvgIpc) is 2.94. The molecule has 100 valence electrons. The first-order valence-electron chi connectivity index (χ1n) is 6.56. The predicted octanol–water partition coefficient (Wildman–Crippen LogP) is 0.324. The average molecular weight is 252 g/mol. The van der Waals surface area contributed by atoms with E-state index in [2.05, 4.69) is 0 Å². The van der Waals surface area contributed by atoms with Gasteiger partial charge in [-0.1, -0.05) is 19.8 Å². The minimum absolute atomic E-state index is 0.179. The minimum Gasteiger partial charge on any atom is -0.321 e. The van der Waals surface area contributed by atoms with Crippen LogP contribution in [-0.2, 0) is 14.4 Å². The first-order valence-corrected chi connectivity index (χ1v) is 6.56. The number of ketones is 1. The SMILES string of the molecule is C[C@@H]1C(=O)N(C)C(=O)[C@H]1C(=O)C(N)C1CCCC1. The highest BCUT2D eigenvalue weighted by Crippen LogP contribution is 2.32. The van der Waals surface area contributed by atoms with Gasteiger partial charge in [-0.25, -0.2) is 0 Å². The van der Waals surface area contributed by atoms with Gasteiger partial charge < -0.3 is 5.73 Å². The van der Waals surface area contributed by atoms with Gasteiger partial charge in [0.2, 0.25) is 11.8 Å². The molecule has 2 aliphatic rings. The Morgan fingerprint density at radius 3 is 2.28 bits per heavy atom. The van der Waals surface area contributed by atoms with Crippen molar-refractivity contribution in [2.75, 3.05) is 7.05 Å². The number of nitrogens with two attached hydrogens (primary N) is 1. The van der Waals surface area contributed by atoms with Crippen LogP contribution in [-0.4, -0.2) is 35.6 Å². The minimum atomic E-state index is -0.863. The number of imide groups is 1. The van der Waals surface area contributed by atoms with E-state index in [4.69, 9.17) is 5.73 Å². The number of carbonyl (C=O) groups is 3. The highest BCUT2D eigenvalue weighted by atomic mass is 16.2. The molecule has 1 heterocycles. The van der Waals surface area contributed by atoms with Gasteiger partial charge in [-0.3, -0.25) is 19.3 Å². The third-order valence-electron chi connectivity index (χ3n) is 4.36. The first kappa shape index (κ1) is 13.2. The molecule has 2 amide bonds. The van der Waals surface area contributed by atoms with Gasteiger partial charge in [0.1, 0.15) is 5.92 Å². The van der Waals surface area contributed by atoms with Crippen LogP contribution in [0.5, 0.6) is 0 Å². The maximum Gasteiger partial charge on any atom is 0.240 e. The number of hydrogen-bond acceptors (Lipinski definition) is 4. The number of hydrogen-bond donors (Lipinski definition) is 1. The Morgan fingerprint density at radius 1 is 1.28 bits per heavy atom. The number of nitrogens with zero attached hydrogens (tertiary/aromatic N) is 1. The van der Waals surface area contributed by atoms with Crippen molar-refractivity contribution in [2.24, 2.45) is 23.5 Å². The number of rotatable bonds is 3. The Balaban J connectivity index is 2.13. The number of amides is 2. The van der Waals surface area contributed by atoms with Crippen molar-refractivity contribution in [1.82, 2.24) is 4.90 Å². The van der Waals surface area contributed by atoms with Gasteiger partial charge in [-0.2, -0.15) is 0 Å². The largest absolute Gasteiger partial charge is 0.321 e. The van der Waals surface area contributed by atoms with Gasteiger partial charge in [0.15, 0.2) is 5.78 Å². The second kappa shape index (κ2) is 4.80. The van der Waals surface area contributed by atoms with Crippen LogP contribution in [0.1, 0.15) is 32.6 Å². The zero-order valence-electron chi connectivity index (χ0n) is 10.9. The summed E-state index contributed by atoms with van der Waals surface area (Å²) in [4.78, 5) is 37.0. The van der Waals surface area contributed by atoms with Crippen LogP contribution < -0.4 is 5.73 Å². The Bertz CT molecular complexity index is 388. The van der Waals surface area contributed by atoms with Crippen LogP contribution in [0.3, 0.4) is 0 Å². The lowest BCUT2D eigenvalue weighted by molar-refractivity contribution is -0.139. The first-order chi connectivity index (χ1) is 8.45. The van der Waals surface area contributed by atoms with Crippen LogP contribution >= 0.6 is 0 Å². The second-order valence-electron chi connectivity index (χ2n) is 5.47. The smallest absolute Gasteiger partial charge is 0.240 e. The Kier molecular flexibility index (Phi) is 3.52. The van der Waals surface area contributed by atoms with E-state index in [0.29, 0.717) is 0 Å². The molecule has 2 fully saturated rings. The van der Waals surface area contributed by atoms with E-state index < -0.39 is 23.8 Å². The molecule has 0 bridgehead atoms. The van der Waals surface area contributed by atoms with Crippen LogP contribution in [0, 0.1) is 17.8 Å². The normalized spacial score (nSPS) is 31.2. The molecule has 2 N–H and O–H groups in total. The van der Waals surface area contributed by atoms with Crippen LogP contribution in [0.4, 0.5) is 0 Å². The summed E-state index contributed by atoms with van der Waals surface area (Å²) >= 11 is 0. The maximum absolute atomic E-state index is 12.3. The summed E-state index contributed by atoms with van der Waals surface area (Å²) in [6.07, 6.45) is 4.09. The summed E-state index contributed by atoms with van der Waals surface area (Å²) in [6.45, 7) is 1.63. The standard InChI is InChI=1S/C13H20N2O3/c1-7-9(13(18)15(2)12(7)17)11(16)10(14)8-5-3-4-6-8/h7-10H,3-6,14H2,1-2H3/t7-,9+,10?/m0/s1. The number of likely N-dealkylation sites (tertiary alicyclic amines) is 1. The van der Waals surface area contributed by atoms with Crippen LogP contribution in [0.25, 0.3) is 0 Å². The summed E-state index contributed by atoms with van der Waals surface area (Å²) in [6, 6.07) is -0.594. The van der Waals surface area contributed by atoms with E-state index in [1.165, 1.54) is 7.05 Å². The van der Waals surface area contributed by atoms with E-state index in [0.717, 1.165) is 30.6 Å². The van der Waals surface area contributed by atoms with Gasteiger partial charge in [0.25, 0.3) is 0 Å². The molecule has 1 aliphatic carbocycles. The van der Waals surface area contributed by atoms with Crippen molar-refractivity contribution in [3.63, 3.8) is 0 Å². The molecule has 1 aliphatic heterocycles. The molecule has 5 heteroatoms. The lowest BCUT2D eigenvalue weighted by Crippen LogP contribution is -2.44. The van der Waals surface area contributed by atoms with E-state index in [-0.39, 0.29) is 17.6 Å². The van der Waals surface area contributed by atoms with Crippen molar-refractivity contribution in [3.05, 3.63) is 0 Å². The Morgan fingerprint density at radius 2 is 1.83 bits per heavy atom. The molecular weight excluding hydrogens is 232 g/mol. The van der Waals surface area contributed by atoms with E-state index in [1.54, 1.807) is 6.92 Å². The van der Waals surface area contributed by atoms with Crippen molar-refractivity contribution < 1.29 is 14.4 Å². The molecule has 2 rings (SSSR count). The maximum atomic E-state index is 12.3. The molecule has 3 atom stereocenters. The molecule has 0 spiro atoms. The molecule has 0 aromatic carbocycles. The number of carbonyl (C=O) groups excluding carboxylic acids is 3. The third kappa shape index (κ3) is 1.96. The summed E-state index contributed by atoms with van der Waals surface area (Å²) in [5.74, 6) is -2.18. The third-order valence-corrected chi connectivity index (χ3v) is 4.36. The fourth-order valence-electron chi connectivity index (χ4n) is 3.10. The van der Waals surface area contributed by atoms with Gasteiger partial charge in [-0.05, 0) is 18.8 Å². The molecule has 0 aromatic heterocycles. The van der Waals surface area contributed by atoms with Crippen molar-refractivity contribution in [2.45, 2.75) is 38.6 Å². The molecule has 18 heavy (non-hydrogen) atoms. The summed E-state index contributed by atoms with van der Waals surface area (Å²) in [5, 5.41) is 0. The molecule has 0 radical (unpaired) electrons. The topological polar surface area (TPSA) is 80.5 Å². The highest BCUT2D eigenvalue weighted by Gasteiger charge is 2.49. The molecule has 0 aromatic rings. The fraction of sp³-hybridized carbons (Fsp3) is 0.769. The van der Waals surface area contributed by atoms with Gasteiger partial charge in [-0.15, -0.1) is 0 Å². The number of Topliss-reactive ketones (excluding diaryl/α,β-unsaturated/α-hetero) is 1. The van der Waals surface area contributed by atoms with E-state index in [1.807, 2.05) is 0 Å². The van der Waals surface area contributed by atoms with Gasteiger partial charge >= 0.3 is 0 Å². The lowest BCUT2D eigenvalue weighted by Gasteiger charge is -2.21. The fourth-order valence-corrected chi connectivity index (χ4v) is 3.10. The van der Waals surface area contributed by atoms with Crippen molar-refractivity contribution >= 4 is 17.6 Å². The molecular formula is C13H20N2O3. The zero-order valence-corrected chi connectivity index (χ0v) is 10.9. The quantitative estimate of drug-likeness (QED) is 0.579. The van der Waals surface area contributed by atoms with Crippen molar-refractivity contribution in [3.8, 4) is 0 Å². The van der Waals surface area contributed by atoms with Crippen LogP contribution in [0.15, 0.2) is 0 Å². The second-order valence-corrected chi connectivity index (χ2v) is 5.47. The summed E-state index contributed by atoms with van der Waals surface area (Å²) in [7, 11) is 1.43. The zero-order chi connectivity index (χ0) is 13.4. The van der Waals surface area contributed by atoms with Crippen molar-refractivity contribution in [1.29, 1.82) is 0 Å². The predicted molar refractivity (Wildman–Crippen MR) is 65.4 cm³/mol. The van der Waals surface area contributed by atoms with E-state index >= 15 is 0 Å². The Hall–Kier alpha value is -1.23. The van der Waals surface area contributed by atoms with Gasteiger partial charge in [0.05, 0.1) is 12.0 Å². The molecule has 1 saturated carbocycles. The molecule has 1 unspecified atom stereocenters. The van der Waals surface area contributed by atoms with Gasteiger partial charge in [0, 0.05) is 7.05 Å². The monoisotopic (exact) mass is 252 g/mol. The van der Waals surface area contributed by atoms with Crippen LogP contribution in [0.2, 0.25) is 0 Å². The summed E-state index contributed by atoms with van der Waals surface area (Å²) < 4.78 is 0. The van der Waals surface area contributed by atoms with E-state index in [9.17, 15) is 14.4 Å². The Labute approximate surface area is 107 Å². The summed E-state index contributed by atoms with van der Waals surface area (Å²) in [5.41, 5.74) is 5.99.